The normalized spacial score (nSPS) is 17.2. The van der Waals surface area contributed by atoms with E-state index in [-0.39, 0.29) is 35.7 Å². The van der Waals surface area contributed by atoms with Crippen LogP contribution in [0.2, 0.25) is 0 Å². The second-order valence-corrected chi connectivity index (χ2v) is 9.53. The van der Waals surface area contributed by atoms with E-state index in [0.29, 0.717) is 36.6 Å². The molecule has 3 aromatic rings. The number of hydrogen-bond donors (Lipinski definition) is 1. The number of carbonyl (C=O) groups excluding carboxylic acids is 3. The third kappa shape index (κ3) is 7.15. The number of Topliss-reactive ketones (excluding diaryl/α,β-unsaturated/α-hetero) is 1. The third-order valence-electron chi connectivity index (χ3n) is 6.90. The van der Waals surface area contributed by atoms with E-state index in [0.717, 1.165) is 36.5 Å². The predicted octanol–water partition coefficient (Wildman–Crippen LogP) is 5.87. The molecule has 0 spiro atoms. The summed E-state index contributed by atoms with van der Waals surface area (Å²) < 4.78 is 25.3. The van der Waals surface area contributed by atoms with Crippen LogP contribution in [0.15, 0.2) is 60.7 Å². The number of esters is 1. The molecule has 0 heterocycles. The molecule has 1 fully saturated rings. The van der Waals surface area contributed by atoms with Crippen molar-refractivity contribution in [2.75, 3.05) is 13.7 Å². The van der Waals surface area contributed by atoms with Crippen LogP contribution in [0.4, 0.5) is 4.39 Å². The molecule has 1 aliphatic carbocycles. The lowest BCUT2D eigenvalue weighted by molar-refractivity contribution is -0.142. The van der Waals surface area contributed by atoms with Gasteiger partial charge in [-0.15, -0.1) is 0 Å². The molecule has 194 valence electrons. The van der Waals surface area contributed by atoms with E-state index in [1.165, 1.54) is 19.2 Å². The Hall–Kier alpha value is -3.74. The predicted molar refractivity (Wildman–Crippen MR) is 139 cm³/mol. The van der Waals surface area contributed by atoms with E-state index < -0.39 is 5.82 Å². The summed E-state index contributed by atoms with van der Waals surface area (Å²) in [7, 11) is 1.39. The summed E-state index contributed by atoms with van der Waals surface area (Å²) in [6, 6.07) is 17.7. The van der Waals surface area contributed by atoms with Gasteiger partial charge in [-0.3, -0.25) is 14.4 Å². The first kappa shape index (κ1) is 26.3. The molecular weight excluding hydrogens is 473 g/mol. The molecule has 4 rings (SSSR count). The van der Waals surface area contributed by atoms with Crippen molar-refractivity contribution in [2.24, 2.45) is 5.92 Å². The fourth-order valence-electron chi connectivity index (χ4n) is 4.78. The number of ether oxygens (including phenoxy) is 2. The number of methoxy groups -OCH3 is 1. The van der Waals surface area contributed by atoms with E-state index in [4.69, 9.17) is 9.47 Å². The Kier molecular flexibility index (Phi) is 8.88. The summed E-state index contributed by atoms with van der Waals surface area (Å²) in [4.78, 5) is 36.4. The number of carbonyl (C=O) groups is 3. The van der Waals surface area contributed by atoms with Crippen LogP contribution in [-0.4, -0.2) is 37.4 Å². The highest BCUT2D eigenvalue weighted by Gasteiger charge is 2.25. The molecule has 0 atom stereocenters. The van der Waals surface area contributed by atoms with Gasteiger partial charge in [-0.1, -0.05) is 30.3 Å². The van der Waals surface area contributed by atoms with Crippen molar-refractivity contribution in [1.29, 1.82) is 0 Å². The van der Waals surface area contributed by atoms with Gasteiger partial charge in [0.2, 0.25) is 0 Å². The lowest BCUT2D eigenvalue weighted by atomic mass is 9.85. The molecule has 0 bridgehead atoms. The van der Waals surface area contributed by atoms with Crippen LogP contribution in [0.1, 0.15) is 65.7 Å². The summed E-state index contributed by atoms with van der Waals surface area (Å²) in [5, 5.41) is 4.87. The molecule has 0 aliphatic heterocycles. The van der Waals surface area contributed by atoms with Gasteiger partial charge in [-0.25, -0.2) is 4.39 Å². The maximum Gasteiger partial charge on any atom is 0.305 e. The fraction of sp³-hybridized carbons (Fsp3) is 0.367. The first-order chi connectivity index (χ1) is 17.9. The van der Waals surface area contributed by atoms with Gasteiger partial charge in [0.15, 0.2) is 5.78 Å². The van der Waals surface area contributed by atoms with Gasteiger partial charge >= 0.3 is 5.97 Å². The van der Waals surface area contributed by atoms with E-state index in [9.17, 15) is 18.8 Å². The number of rotatable bonds is 10. The van der Waals surface area contributed by atoms with Gasteiger partial charge in [0.1, 0.15) is 11.6 Å². The Morgan fingerprint density at radius 2 is 1.70 bits per heavy atom. The van der Waals surface area contributed by atoms with Crippen LogP contribution in [0.5, 0.6) is 5.75 Å². The quantitative estimate of drug-likeness (QED) is 0.212. The SMILES string of the molecule is COC(=O)CC1CCC(Oc2ccc(C(=O)CCCNC(=O)c3ccc4ccccc4c3)c(F)c2)CC1. The largest absolute Gasteiger partial charge is 0.490 e. The second-order valence-electron chi connectivity index (χ2n) is 9.53. The minimum Gasteiger partial charge on any atom is -0.490 e. The Balaban J connectivity index is 1.21. The Bertz CT molecular complexity index is 1270. The highest BCUT2D eigenvalue weighted by atomic mass is 19.1. The van der Waals surface area contributed by atoms with Crippen molar-refractivity contribution in [1.82, 2.24) is 5.32 Å². The molecule has 7 heteroatoms. The zero-order valence-electron chi connectivity index (χ0n) is 21.0. The first-order valence-corrected chi connectivity index (χ1v) is 12.8. The van der Waals surface area contributed by atoms with E-state index in [2.05, 4.69) is 5.32 Å². The van der Waals surface area contributed by atoms with Crippen molar-refractivity contribution in [3.63, 3.8) is 0 Å². The van der Waals surface area contributed by atoms with Gasteiger partial charge in [0, 0.05) is 31.0 Å². The summed E-state index contributed by atoms with van der Waals surface area (Å²) in [5.74, 6) is -0.631. The molecule has 0 aromatic heterocycles. The Morgan fingerprint density at radius 3 is 2.43 bits per heavy atom. The van der Waals surface area contributed by atoms with Crippen molar-refractivity contribution < 1.29 is 28.2 Å². The van der Waals surface area contributed by atoms with Crippen molar-refractivity contribution in [3.05, 3.63) is 77.6 Å². The van der Waals surface area contributed by atoms with Crippen molar-refractivity contribution in [3.8, 4) is 5.75 Å². The lowest BCUT2D eigenvalue weighted by Crippen LogP contribution is -2.25. The van der Waals surface area contributed by atoms with Crippen molar-refractivity contribution >= 4 is 28.4 Å². The van der Waals surface area contributed by atoms with Crippen LogP contribution in [0.25, 0.3) is 10.8 Å². The standard InChI is InChI=1S/C30H32FNO5/c1-36-29(34)17-20-8-12-24(13-9-20)37-25-14-15-26(27(31)19-25)28(33)7-4-16-32-30(35)23-11-10-21-5-2-3-6-22(21)18-23/h2-3,5-6,10-11,14-15,18-20,24H,4,7-9,12-13,16-17H2,1H3,(H,32,35). The minimum atomic E-state index is -0.609. The van der Waals surface area contributed by atoms with Crippen LogP contribution in [0.3, 0.4) is 0 Å². The average molecular weight is 506 g/mol. The molecular formula is C30H32FNO5. The lowest BCUT2D eigenvalue weighted by Gasteiger charge is -2.28. The van der Waals surface area contributed by atoms with Crippen LogP contribution in [0, 0.1) is 11.7 Å². The highest BCUT2D eigenvalue weighted by Crippen LogP contribution is 2.30. The maximum atomic E-state index is 14.7. The summed E-state index contributed by atoms with van der Waals surface area (Å²) in [6.07, 6.45) is 4.20. The first-order valence-electron chi connectivity index (χ1n) is 12.8. The van der Waals surface area contributed by atoms with E-state index in [1.807, 2.05) is 36.4 Å². The van der Waals surface area contributed by atoms with E-state index >= 15 is 0 Å². The molecule has 1 saturated carbocycles. The summed E-state index contributed by atoms with van der Waals surface area (Å²) >= 11 is 0. The van der Waals surface area contributed by atoms with Gasteiger partial charge in [0.05, 0.1) is 18.8 Å². The fourth-order valence-corrected chi connectivity index (χ4v) is 4.78. The zero-order chi connectivity index (χ0) is 26.2. The van der Waals surface area contributed by atoms with Gasteiger partial charge in [-0.2, -0.15) is 0 Å². The molecule has 0 unspecified atom stereocenters. The van der Waals surface area contributed by atoms with Crippen molar-refractivity contribution in [2.45, 2.75) is 51.0 Å². The molecule has 0 radical (unpaired) electrons. The molecule has 6 nitrogen and oxygen atoms in total. The number of amides is 1. The summed E-state index contributed by atoms with van der Waals surface area (Å²) in [6.45, 7) is 0.318. The molecule has 0 saturated heterocycles. The van der Waals surface area contributed by atoms with Gasteiger partial charge in [0.25, 0.3) is 5.91 Å². The number of nitrogens with one attached hydrogen (secondary N) is 1. The number of benzene rings is 3. The van der Waals surface area contributed by atoms with Gasteiger partial charge in [-0.05, 0) is 73.1 Å². The topological polar surface area (TPSA) is 81.7 Å². The second kappa shape index (κ2) is 12.5. The molecule has 37 heavy (non-hydrogen) atoms. The average Bonchev–Trinajstić information content (AvgIpc) is 2.91. The van der Waals surface area contributed by atoms with Crippen LogP contribution >= 0.6 is 0 Å². The molecule has 1 amide bonds. The molecule has 1 aliphatic rings. The van der Waals surface area contributed by atoms with Crippen LogP contribution < -0.4 is 10.1 Å². The van der Waals surface area contributed by atoms with E-state index in [1.54, 1.807) is 12.1 Å². The number of hydrogen-bond acceptors (Lipinski definition) is 5. The molecule has 3 aromatic carbocycles. The minimum absolute atomic E-state index is 0.0231. The Labute approximate surface area is 216 Å². The number of ketones is 1. The third-order valence-corrected chi connectivity index (χ3v) is 6.90. The number of fused-ring (bicyclic) bond motifs is 1. The monoisotopic (exact) mass is 505 g/mol. The van der Waals surface area contributed by atoms with Gasteiger partial charge < -0.3 is 14.8 Å². The van der Waals surface area contributed by atoms with Crippen LogP contribution in [-0.2, 0) is 9.53 Å². The zero-order valence-corrected chi connectivity index (χ0v) is 21.0. The highest BCUT2D eigenvalue weighted by molar-refractivity contribution is 5.99. The molecule has 1 N–H and O–H groups in total. The smallest absolute Gasteiger partial charge is 0.305 e. The summed E-state index contributed by atoms with van der Waals surface area (Å²) in [5.41, 5.74) is 0.582. The maximum absolute atomic E-state index is 14.7. The number of halogens is 1. The Morgan fingerprint density at radius 1 is 0.946 bits per heavy atom.